The van der Waals surface area contributed by atoms with Crippen LogP contribution >= 0.6 is 0 Å². The van der Waals surface area contributed by atoms with Gasteiger partial charge in [0.2, 0.25) is 0 Å². The molecule has 0 aromatic rings. The fraction of sp³-hybridized carbons (Fsp3) is 0.657. The molecule has 0 spiro atoms. The van der Waals surface area contributed by atoms with E-state index in [4.69, 9.17) is 5.11 Å². The normalized spacial score (nSPS) is 24.4. The van der Waals surface area contributed by atoms with Crippen molar-refractivity contribution in [3.05, 3.63) is 71.9 Å². The van der Waals surface area contributed by atoms with Crippen LogP contribution < -0.4 is 0 Å². The van der Waals surface area contributed by atoms with Gasteiger partial charge in [-0.15, -0.1) is 0 Å². The van der Waals surface area contributed by atoms with Crippen LogP contribution in [0.15, 0.2) is 71.9 Å². The molecule has 1 aliphatic rings. The molecule has 0 saturated heterocycles. The van der Waals surface area contributed by atoms with Crippen LogP contribution in [0.4, 0.5) is 0 Å². The van der Waals surface area contributed by atoms with E-state index in [2.05, 4.69) is 97.1 Å². The fourth-order valence-electron chi connectivity index (χ4n) is 5.49. The number of rotatable bonds is 15. The molecule has 1 N–H and O–H groups in total. The maximum atomic E-state index is 9.02. The van der Waals surface area contributed by atoms with Gasteiger partial charge in [-0.25, -0.2) is 0 Å². The van der Waals surface area contributed by atoms with E-state index in [9.17, 15) is 0 Å². The van der Waals surface area contributed by atoms with Gasteiger partial charge in [-0.2, -0.15) is 0 Å². The van der Waals surface area contributed by atoms with Gasteiger partial charge in [0, 0.05) is 0 Å². The predicted molar refractivity (Wildman–Crippen MR) is 162 cm³/mol. The van der Waals surface area contributed by atoms with Crippen molar-refractivity contribution in [2.24, 2.45) is 35.0 Å². The molecule has 204 valence electrons. The van der Waals surface area contributed by atoms with Crippen molar-refractivity contribution in [2.75, 3.05) is 6.61 Å². The SMILES string of the molecule is CC(/C=C/C=C(\C)CO)=C\C=C\C(C)C/C=C/CC(C)/C=C/CC(C)CCC1C(C)CCCC1(C)C. The van der Waals surface area contributed by atoms with Gasteiger partial charge in [0.1, 0.15) is 0 Å². The summed E-state index contributed by atoms with van der Waals surface area (Å²) in [6.45, 7) is 18.7. The van der Waals surface area contributed by atoms with Gasteiger partial charge < -0.3 is 5.11 Å². The van der Waals surface area contributed by atoms with Crippen LogP contribution in [0.5, 0.6) is 0 Å². The van der Waals surface area contributed by atoms with Crippen molar-refractivity contribution < 1.29 is 5.11 Å². The van der Waals surface area contributed by atoms with Crippen LogP contribution in [-0.4, -0.2) is 11.7 Å². The summed E-state index contributed by atoms with van der Waals surface area (Å²) in [4.78, 5) is 0. The zero-order valence-electron chi connectivity index (χ0n) is 25.0. The Labute approximate surface area is 225 Å². The van der Waals surface area contributed by atoms with Crippen molar-refractivity contribution in [1.82, 2.24) is 0 Å². The minimum Gasteiger partial charge on any atom is -0.392 e. The number of hydrogen-bond acceptors (Lipinski definition) is 1. The summed E-state index contributed by atoms with van der Waals surface area (Å²) in [6, 6.07) is 0. The zero-order valence-corrected chi connectivity index (χ0v) is 25.0. The lowest BCUT2D eigenvalue weighted by Crippen LogP contribution is -2.33. The molecule has 36 heavy (non-hydrogen) atoms. The summed E-state index contributed by atoms with van der Waals surface area (Å²) in [5.41, 5.74) is 2.71. The van der Waals surface area contributed by atoms with Crippen molar-refractivity contribution in [2.45, 2.75) is 107 Å². The van der Waals surface area contributed by atoms with Crippen molar-refractivity contribution in [1.29, 1.82) is 0 Å². The molecule has 1 rings (SSSR count). The Morgan fingerprint density at radius 2 is 1.58 bits per heavy atom. The van der Waals surface area contributed by atoms with Crippen LogP contribution in [0.2, 0.25) is 0 Å². The van der Waals surface area contributed by atoms with Gasteiger partial charge >= 0.3 is 0 Å². The largest absolute Gasteiger partial charge is 0.392 e. The van der Waals surface area contributed by atoms with E-state index >= 15 is 0 Å². The van der Waals surface area contributed by atoms with Crippen LogP contribution in [0.1, 0.15) is 107 Å². The summed E-state index contributed by atoms with van der Waals surface area (Å²) in [7, 11) is 0. The first kappa shape index (κ1) is 32.4. The summed E-state index contributed by atoms with van der Waals surface area (Å²) >= 11 is 0. The summed E-state index contributed by atoms with van der Waals surface area (Å²) in [5, 5.41) is 9.02. The van der Waals surface area contributed by atoms with Crippen molar-refractivity contribution in [3.8, 4) is 0 Å². The van der Waals surface area contributed by atoms with Gasteiger partial charge in [0.05, 0.1) is 6.61 Å². The van der Waals surface area contributed by atoms with Gasteiger partial charge in [-0.1, -0.05) is 127 Å². The summed E-state index contributed by atoms with van der Waals surface area (Å²) in [6.07, 6.45) is 32.6. The Balaban J connectivity index is 2.28. The van der Waals surface area contributed by atoms with Gasteiger partial charge in [0.25, 0.3) is 0 Å². The topological polar surface area (TPSA) is 20.2 Å². The first-order valence-electron chi connectivity index (χ1n) is 14.7. The second-order valence-corrected chi connectivity index (χ2v) is 12.5. The molecule has 0 aromatic carbocycles. The quantitative estimate of drug-likeness (QED) is 0.177. The van der Waals surface area contributed by atoms with E-state index in [1.807, 2.05) is 19.1 Å². The average molecular weight is 495 g/mol. The van der Waals surface area contributed by atoms with E-state index in [1.165, 1.54) is 44.1 Å². The highest BCUT2D eigenvalue weighted by atomic mass is 16.3. The number of aliphatic hydroxyl groups is 1. The molecule has 1 saturated carbocycles. The van der Waals surface area contributed by atoms with Crippen LogP contribution in [0.3, 0.4) is 0 Å². The first-order chi connectivity index (χ1) is 17.0. The lowest BCUT2D eigenvalue weighted by atomic mass is 9.62. The molecule has 1 fully saturated rings. The Kier molecular flexibility index (Phi) is 16.0. The van der Waals surface area contributed by atoms with Gasteiger partial charge in [0.15, 0.2) is 0 Å². The Bertz CT molecular complexity index is 772. The molecule has 1 aliphatic carbocycles. The summed E-state index contributed by atoms with van der Waals surface area (Å²) in [5.74, 6) is 3.73. The third-order valence-corrected chi connectivity index (χ3v) is 8.12. The highest BCUT2D eigenvalue weighted by Gasteiger charge is 2.36. The minimum absolute atomic E-state index is 0.116. The molecule has 0 amide bonds. The number of aliphatic hydroxyl groups excluding tert-OH is 1. The fourth-order valence-corrected chi connectivity index (χ4v) is 5.49. The van der Waals surface area contributed by atoms with E-state index in [0.29, 0.717) is 17.3 Å². The molecule has 5 atom stereocenters. The third-order valence-electron chi connectivity index (χ3n) is 8.12. The minimum atomic E-state index is 0.116. The third kappa shape index (κ3) is 14.2. The standard InChI is InChI=1S/C35H58O/c1-28(17-11-19-30(3)20-13-22-32(5)27-36)15-9-10-16-29(2)18-12-21-31(4)24-25-34-33(6)23-14-26-35(34,7)8/h9-13,17-20,22,28-29,31,33-34,36H,14-16,21,23-27H2,1-8H3/b10-9+,17-11+,18-12+,20-13+,30-19+,32-22+. The molecule has 0 bridgehead atoms. The Hall–Kier alpha value is -1.60. The molecule has 1 nitrogen and oxygen atoms in total. The maximum Gasteiger partial charge on any atom is 0.0642 e. The molecule has 1 heteroatoms. The molecule has 0 radical (unpaired) electrons. The van der Waals surface area contributed by atoms with Crippen molar-refractivity contribution >= 4 is 0 Å². The first-order valence-corrected chi connectivity index (χ1v) is 14.7. The van der Waals surface area contributed by atoms with Gasteiger partial charge in [-0.3, -0.25) is 0 Å². The monoisotopic (exact) mass is 494 g/mol. The Morgan fingerprint density at radius 1 is 0.917 bits per heavy atom. The average Bonchev–Trinajstić information content (AvgIpc) is 2.81. The van der Waals surface area contributed by atoms with Crippen molar-refractivity contribution in [3.63, 3.8) is 0 Å². The highest BCUT2D eigenvalue weighted by Crippen LogP contribution is 2.46. The van der Waals surface area contributed by atoms with E-state index in [0.717, 1.165) is 36.2 Å². The second-order valence-electron chi connectivity index (χ2n) is 12.5. The van der Waals surface area contributed by atoms with E-state index < -0.39 is 0 Å². The smallest absolute Gasteiger partial charge is 0.0642 e. The van der Waals surface area contributed by atoms with E-state index in [1.54, 1.807) is 0 Å². The number of allylic oxidation sites excluding steroid dienone is 11. The van der Waals surface area contributed by atoms with E-state index in [-0.39, 0.29) is 6.61 Å². The second kappa shape index (κ2) is 17.8. The molecule has 0 aromatic heterocycles. The van der Waals surface area contributed by atoms with Crippen LogP contribution in [-0.2, 0) is 0 Å². The van der Waals surface area contributed by atoms with Crippen LogP contribution in [0, 0.1) is 35.0 Å². The molecule has 0 heterocycles. The highest BCUT2D eigenvalue weighted by molar-refractivity contribution is 5.25. The zero-order chi connectivity index (χ0) is 27.0. The molecule has 5 unspecified atom stereocenters. The lowest BCUT2D eigenvalue weighted by Gasteiger charge is -2.43. The lowest BCUT2D eigenvalue weighted by molar-refractivity contribution is 0.0712. The maximum absolute atomic E-state index is 9.02. The van der Waals surface area contributed by atoms with Gasteiger partial charge in [-0.05, 0) is 86.5 Å². The molecular formula is C35H58O. The molecular weight excluding hydrogens is 436 g/mol. The Morgan fingerprint density at radius 3 is 2.22 bits per heavy atom. The predicted octanol–water partition coefficient (Wildman–Crippen LogP) is 10.4. The number of hydrogen-bond donors (Lipinski definition) is 1. The molecule has 0 aliphatic heterocycles. The summed E-state index contributed by atoms with van der Waals surface area (Å²) < 4.78 is 0. The van der Waals surface area contributed by atoms with Crippen LogP contribution in [0.25, 0.3) is 0 Å².